The SMILES string of the molecule is CC(C)(C)c1ccc(NC(=O)COc2ccc(Oc3ccccc3)cc2)cc1. The van der Waals surface area contributed by atoms with E-state index in [0.29, 0.717) is 11.5 Å². The van der Waals surface area contributed by atoms with E-state index in [1.807, 2.05) is 66.7 Å². The van der Waals surface area contributed by atoms with Crippen molar-refractivity contribution in [3.63, 3.8) is 0 Å². The predicted octanol–water partition coefficient (Wildman–Crippen LogP) is 5.79. The third kappa shape index (κ3) is 5.61. The van der Waals surface area contributed by atoms with Gasteiger partial charge in [0.1, 0.15) is 17.2 Å². The number of para-hydroxylation sites is 1. The molecule has 0 spiro atoms. The summed E-state index contributed by atoms with van der Waals surface area (Å²) in [6.45, 7) is 6.42. The lowest BCUT2D eigenvalue weighted by Gasteiger charge is -2.19. The van der Waals surface area contributed by atoms with Crippen molar-refractivity contribution in [1.29, 1.82) is 0 Å². The standard InChI is InChI=1S/C24H25NO3/c1-24(2,3)18-9-11-19(12-10-18)25-23(26)17-27-20-13-15-22(16-14-20)28-21-7-5-4-6-8-21/h4-16H,17H2,1-3H3,(H,25,26). The Labute approximate surface area is 166 Å². The van der Waals surface area contributed by atoms with Crippen molar-refractivity contribution in [3.05, 3.63) is 84.4 Å². The Bertz CT molecular complexity index is 895. The van der Waals surface area contributed by atoms with E-state index >= 15 is 0 Å². The largest absolute Gasteiger partial charge is 0.484 e. The highest BCUT2D eigenvalue weighted by Gasteiger charge is 2.13. The van der Waals surface area contributed by atoms with Crippen LogP contribution < -0.4 is 14.8 Å². The van der Waals surface area contributed by atoms with Crippen LogP contribution in [-0.4, -0.2) is 12.5 Å². The molecule has 0 aromatic heterocycles. The lowest BCUT2D eigenvalue weighted by Crippen LogP contribution is -2.20. The van der Waals surface area contributed by atoms with E-state index in [2.05, 4.69) is 26.1 Å². The average molecular weight is 375 g/mol. The van der Waals surface area contributed by atoms with Crippen molar-refractivity contribution in [3.8, 4) is 17.2 Å². The van der Waals surface area contributed by atoms with E-state index < -0.39 is 0 Å². The van der Waals surface area contributed by atoms with Gasteiger partial charge in [-0.3, -0.25) is 4.79 Å². The van der Waals surface area contributed by atoms with Gasteiger partial charge in [-0.2, -0.15) is 0 Å². The molecule has 144 valence electrons. The number of carbonyl (C=O) groups is 1. The Morgan fingerprint density at radius 2 is 1.36 bits per heavy atom. The Kier molecular flexibility index (Phi) is 5.99. The molecule has 0 aliphatic heterocycles. The van der Waals surface area contributed by atoms with Gasteiger partial charge in [0, 0.05) is 5.69 Å². The lowest BCUT2D eigenvalue weighted by molar-refractivity contribution is -0.118. The molecule has 28 heavy (non-hydrogen) atoms. The Morgan fingerprint density at radius 3 is 1.96 bits per heavy atom. The van der Waals surface area contributed by atoms with Crippen LogP contribution >= 0.6 is 0 Å². The average Bonchev–Trinajstić information content (AvgIpc) is 2.68. The van der Waals surface area contributed by atoms with Gasteiger partial charge in [0.2, 0.25) is 0 Å². The molecule has 0 atom stereocenters. The normalized spacial score (nSPS) is 11.0. The number of ether oxygens (including phenoxy) is 2. The number of rotatable bonds is 6. The molecule has 3 aromatic carbocycles. The van der Waals surface area contributed by atoms with E-state index in [9.17, 15) is 4.79 Å². The number of hydrogen-bond donors (Lipinski definition) is 1. The molecule has 3 aromatic rings. The zero-order valence-corrected chi connectivity index (χ0v) is 16.4. The van der Waals surface area contributed by atoms with E-state index in [1.54, 1.807) is 12.1 Å². The number of carbonyl (C=O) groups excluding carboxylic acids is 1. The molecule has 4 heteroatoms. The summed E-state index contributed by atoms with van der Waals surface area (Å²) in [6.07, 6.45) is 0. The minimum atomic E-state index is -0.201. The Morgan fingerprint density at radius 1 is 0.786 bits per heavy atom. The van der Waals surface area contributed by atoms with Gasteiger partial charge >= 0.3 is 0 Å². The van der Waals surface area contributed by atoms with Crippen LogP contribution in [0.1, 0.15) is 26.3 Å². The van der Waals surface area contributed by atoms with Crippen molar-refractivity contribution in [2.45, 2.75) is 26.2 Å². The topological polar surface area (TPSA) is 47.6 Å². The summed E-state index contributed by atoms with van der Waals surface area (Å²) in [7, 11) is 0. The minimum Gasteiger partial charge on any atom is -0.484 e. The van der Waals surface area contributed by atoms with E-state index in [-0.39, 0.29) is 17.9 Å². The maximum atomic E-state index is 12.1. The molecule has 0 aliphatic carbocycles. The smallest absolute Gasteiger partial charge is 0.262 e. The highest BCUT2D eigenvalue weighted by molar-refractivity contribution is 5.91. The van der Waals surface area contributed by atoms with Gasteiger partial charge in [0.15, 0.2) is 6.61 Å². The molecule has 0 fully saturated rings. The van der Waals surface area contributed by atoms with Gasteiger partial charge < -0.3 is 14.8 Å². The molecule has 1 N–H and O–H groups in total. The summed E-state index contributed by atoms with van der Waals surface area (Å²) in [6, 6.07) is 24.6. The van der Waals surface area contributed by atoms with Crippen LogP contribution in [0.3, 0.4) is 0 Å². The Balaban J connectivity index is 1.49. The van der Waals surface area contributed by atoms with Crippen molar-refractivity contribution in [2.75, 3.05) is 11.9 Å². The van der Waals surface area contributed by atoms with E-state index in [4.69, 9.17) is 9.47 Å². The van der Waals surface area contributed by atoms with Crippen molar-refractivity contribution < 1.29 is 14.3 Å². The molecule has 0 radical (unpaired) electrons. The number of benzene rings is 3. The first-order chi connectivity index (χ1) is 13.4. The van der Waals surface area contributed by atoms with Gasteiger partial charge in [-0.25, -0.2) is 0 Å². The number of amides is 1. The molecular formula is C24H25NO3. The van der Waals surface area contributed by atoms with Gasteiger partial charge in [-0.15, -0.1) is 0 Å². The molecule has 0 bridgehead atoms. The molecule has 0 heterocycles. The first kappa shape index (κ1) is 19.5. The minimum absolute atomic E-state index is 0.0556. The number of nitrogens with one attached hydrogen (secondary N) is 1. The molecule has 0 unspecified atom stereocenters. The molecule has 3 rings (SSSR count). The van der Waals surface area contributed by atoms with Gasteiger partial charge in [-0.1, -0.05) is 51.1 Å². The number of anilines is 1. The van der Waals surface area contributed by atoms with Crippen molar-refractivity contribution in [1.82, 2.24) is 0 Å². The molecule has 1 amide bonds. The van der Waals surface area contributed by atoms with Crippen LogP contribution in [-0.2, 0) is 10.2 Å². The van der Waals surface area contributed by atoms with Crippen LogP contribution in [0.5, 0.6) is 17.2 Å². The van der Waals surface area contributed by atoms with Crippen molar-refractivity contribution >= 4 is 11.6 Å². The van der Waals surface area contributed by atoms with Gasteiger partial charge in [0.05, 0.1) is 0 Å². The molecule has 4 nitrogen and oxygen atoms in total. The molecule has 0 saturated heterocycles. The Hall–Kier alpha value is -3.27. The first-order valence-electron chi connectivity index (χ1n) is 9.26. The zero-order chi connectivity index (χ0) is 20.0. The summed E-state index contributed by atoms with van der Waals surface area (Å²) in [5.74, 6) is 1.89. The summed E-state index contributed by atoms with van der Waals surface area (Å²) in [4.78, 5) is 12.1. The van der Waals surface area contributed by atoms with Gasteiger partial charge in [-0.05, 0) is 59.5 Å². The highest BCUT2D eigenvalue weighted by Crippen LogP contribution is 2.24. The number of hydrogen-bond acceptors (Lipinski definition) is 3. The maximum Gasteiger partial charge on any atom is 0.262 e. The van der Waals surface area contributed by atoms with Gasteiger partial charge in [0.25, 0.3) is 5.91 Å². The predicted molar refractivity (Wildman–Crippen MR) is 112 cm³/mol. The van der Waals surface area contributed by atoms with E-state index in [1.165, 1.54) is 5.56 Å². The second-order valence-electron chi connectivity index (χ2n) is 7.55. The van der Waals surface area contributed by atoms with Crippen LogP contribution in [0.25, 0.3) is 0 Å². The monoisotopic (exact) mass is 375 g/mol. The van der Waals surface area contributed by atoms with Crippen LogP contribution in [0.2, 0.25) is 0 Å². The second kappa shape index (κ2) is 8.61. The third-order valence-corrected chi connectivity index (χ3v) is 4.21. The van der Waals surface area contributed by atoms with Crippen LogP contribution in [0, 0.1) is 0 Å². The summed E-state index contributed by atoms with van der Waals surface area (Å²) >= 11 is 0. The van der Waals surface area contributed by atoms with Crippen molar-refractivity contribution in [2.24, 2.45) is 0 Å². The molecular weight excluding hydrogens is 350 g/mol. The summed E-state index contributed by atoms with van der Waals surface area (Å²) in [5.41, 5.74) is 2.06. The summed E-state index contributed by atoms with van der Waals surface area (Å²) < 4.78 is 11.3. The van der Waals surface area contributed by atoms with Crippen LogP contribution in [0.4, 0.5) is 5.69 Å². The third-order valence-electron chi connectivity index (χ3n) is 4.21. The fourth-order valence-corrected chi connectivity index (χ4v) is 2.63. The quantitative estimate of drug-likeness (QED) is 0.593. The maximum absolute atomic E-state index is 12.1. The molecule has 0 saturated carbocycles. The fraction of sp³-hybridized carbons (Fsp3) is 0.208. The molecule has 0 aliphatic rings. The first-order valence-corrected chi connectivity index (χ1v) is 9.26. The lowest BCUT2D eigenvalue weighted by atomic mass is 9.87. The zero-order valence-electron chi connectivity index (χ0n) is 16.4. The highest BCUT2D eigenvalue weighted by atomic mass is 16.5. The van der Waals surface area contributed by atoms with Crippen LogP contribution in [0.15, 0.2) is 78.9 Å². The van der Waals surface area contributed by atoms with E-state index in [0.717, 1.165) is 11.4 Å². The summed E-state index contributed by atoms with van der Waals surface area (Å²) in [5, 5.41) is 2.85. The fourth-order valence-electron chi connectivity index (χ4n) is 2.63. The second-order valence-corrected chi connectivity index (χ2v) is 7.55.